The summed E-state index contributed by atoms with van der Waals surface area (Å²) in [5.41, 5.74) is 11.3. The predicted molar refractivity (Wildman–Crippen MR) is 204 cm³/mol. The minimum absolute atomic E-state index is 0.0125. The van der Waals surface area contributed by atoms with E-state index in [1.807, 2.05) is 72.6 Å². The average molecular weight is 725 g/mol. The number of nitrogens with one attached hydrogen (secondary N) is 2. The molecule has 11 heteroatoms. The molecule has 1 saturated heterocycles. The number of hydrogen-bond acceptors (Lipinski definition) is 9. The van der Waals surface area contributed by atoms with Crippen molar-refractivity contribution in [3.05, 3.63) is 125 Å². The molecule has 11 nitrogen and oxygen atoms in total. The number of rotatable bonds is 18. The van der Waals surface area contributed by atoms with Crippen molar-refractivity contribution in [2.24, 2.45) is 0 Å². The predicted octanol–water partition coefficient (Wildman–Crippen LogP) is 6.27. The van der Waals surface area contributed by atoms with E-state index in [0.29, 0.717) is 55.8 Å². The summed E-state index contributed by atoms with van der Waals surface area (Å²) in [5.74, 6) is 0.0370. The Hall–Kier alpha value is -4.78. The van der Waals surface area contributed by atoms with E-state index in [4.69, 9.17) is 15.2 Å². The van der Waals surface area contributed by atoms with Gasteiger partial charge in [-0.15, -0.1) is 0 Å². The summed E-state index contributed by atoms with van der Waals surface area (Å²) in [6, 6.07) is 29.4. The van der Waals surface area contributed by atoms with Crippen LogP contribution >= 0.6 is 0 Å². The lowest BCUT2D eigenvalue weighted by atomic mass is 9.99. The number of aliphatic hydroxyl groups is 2. The first-order valence-electron chi connectivity index (χ1n) is 18.3. The first-order chi connectivity index (χ1) is 25.7. The SMILES string of the molecule is CN(C[C@H]1C[C@@H](c2ccc(CO)cc2)O[C@@H](c2ccc(CNC(=O)CCCCCCC(=O)Nc3ccccc3N)cc2)O1)C[C@@H](O)c1cccc(O)c1. The molecule has 0 radical (unpaired) electrons. The normalized spacial score (nSPS) is 17.7. The largest absolute Gasteiger partial charge is 0.508 e. The Labute approximate surface area is 311 Å². The molecule has 4 aromatic carbocycles. The molecule has 1 heterocycles. The number of anilines is 2. The molecular formula is C42H52N4O7. The molecule has 53 heavy (non-hydrogen) atoms. The van der Waals surface area contributed by atoms with Gasteiger partial charge in [0.25, 0.3) is 0 Å². The van der Waals surface area contributed by atoms with Crippen molar-refractivity contribution in [3.8, 4) is 5.75 Å². The summed E-state index contributed by atoms with van der Waals surface area (Å²) < 4.78 is 13.0. The lowest BCUT2D eigenvalue weighted by molar-refractivity contribution is -0.252. The zero-order chi connectivity index (χ0) is 37.6. The number of benzene rings is 4. The van der Waals surface area contributed by atoms with E-state index < -0.39 is 12.4 Å². The summed E-state index contributed by atoms with van der Waals surface area (Å²) in [6.07, 6.45) is 2.81. The second-order valence-corrected chi connectivity index (χ2v) is 13.8. The molecule has 2 amide bonds. The number of nitrogens with zero attached hydrogens (tertiary/aromatic N) is 1. The third-order valence-corrected chi connectivity index (χ3v) is 9.40. The summed E-state index contributed by atoms with van der Waals surface area (Å²) in [4.78, 5) is 26.7. The maximum absolute atomic E-state index is 12.5. The summed E-state index contributed by atoms with van der Waals surface area (Å²) >= 11 is 0. The molecule has 7 N–H and O–H groups in total. The number of nitrogens with two attached hydrogens (primary N) is 1. The smallest absolute Gasteiger partial charge is 0.224 e. The second kappa shape index (κ2) is 19.9. The van der Waals surface area contributed by atoms with E-state index >= 15 is 0 Å². The number of hydrogen-bond donors (Lipinski definition) is 6. The van der Waals surface area contributed by atoms with Gasteiger partial charge in [0, 0.05) is 44.5 Å². The van der Waals surface area contributed by atoms with E-state index in [2.05, 4.69) is 10.6 Å². The van der Waals surface area contributed by atoms with Crippen LogP contribution in [0.4, 0.5) is 11.4 Å². The Bertz CT molecular complexity index is 1750. The first kappa shape index (κ1) is 39.4. The highest BCUT2D eigenvalue weighted by Crippen LogP contribution is 2.38. The number of phenols is 1. The first-order valence-corrected chi connectivity index (χ1v) is 18.3. The van der Waals surface area contributed by atoms with Gasteiger partial charge in [0.2, 0.25) is 11.8 Å². The molecule has 0 aliphatic carbocycles. The van der Waals surface area contributed by atoms with E-state index in [1.54, 1.807) is 36.4 Å². The van der Waals surface area contributed by atoms with Gasteiger partial charge in [-0.2, -0.15) is 0 Å². The van der Waals surface area contributed by atoms with Crippen LogP contribution in [0.5, 0.6) is 5.75 Å². The molecule has 4 aromatic rings. The van der Waals surface area contributed by atoms with Gasteiger partial charge in [0.05, 0.1) is 36.3 Å². The second-order valence-electron chi connectivity index (χ2n) is 13.8. The Morgan fingerprint density at radius 2 is 1.53 bits per heavy atom. The molecule has 0 unspecified atom stereocenters. The van der Waals surface area contributed by atoms with Crippen molar-refractivity contribution in [2.75, 3.05) is 31.2 Å². The van der Waals surface area contributed by atoms with Crippen LogP contribution in [0.1, 0.15) is 91.3 Å². The van der Waals surface area contributed by atoms with Crippen molar-refractivity contribution < 1.29 is 34.4 Å². The fraction of sp³-hybridized carbons (Fsp3) is 0.381. The Morgan fingerprint density at radius 1 is 0.849 bits per heavy atom. The van der Waals surface area contributed by atoms with Crippen molar-refractivity contribution >= 4 is 23.2 Å². The monoisotopic (exact) mass is 724 g/mol. The summed E-state index contributed by atoms with van der Waals surface area (Å²) in [7, 11) is 1.93. The highest BCUT2D eigenvalue weighted by atomic mass is 16.7. The highest BCUT2D eigenvalue weighted by Gasteiger charge is 2.33. The molecule has 0 bridgehead atoms. The van der Waals surface area contributed by atoms with Gasteiger partial charge in [-0.05, 0) is 66.4 Å². The third-order valence-electron chi connectivity index (χ3n) is 9.40. The molecule has 1 aliphatic rings. The highest BCUT2D eigenvalue weighted by molar-refractivity contribution is 5.93. The quantitative estimate of drug-likeness (QED) is 0.0512. The topological polar surface area (TPSA) is 167 Å². The molecule has 4 atom stereocenters. The van der Waals surface area contributed by atoms with Crippen LogP contribution in [0.3, 0.4) is 0 Å². The minimum Gasteiger partial charge on any atom is -0.508 e. The molecule has 0 aromatic heterocycles. The lowest BCUT2D eigenvalue weighted by Gasteiger charge is -2.38. The van der Waals surface area contributed by atoms with Crippen LogP contribution in [0.2, 0.25) is 0 Å². The lowest BCUT2D eigenvalue weighted by Crippen LogP contribution is -2.39. The maximum atomic E-state index is 12.5. The number of nitrogen functional groups attached to an aromatic ring is 1. The van der Waals surface area contributed by atoms with Gasteiger partial charge in [-0.1, -0.05) is 85.6 Å². The molecule has 1 fully saturated rings. The van der Waals surface area contributed by atoms with Crippen molar-refractivity contribution in [1.29, 1.82) is 0 Å². The molecule has 1 aliphatic heterocycles. The number of unbranched alkanes of at least 4 members (excludes halogenated alkanes) is 3. The number of phenolic OH excluding ortho intramolecular Hbond substituents is 1. The fourth-order valence-electron chi connectivity index (χ4n) is 6.42. The molecule has 0 spiro atoms. The fourth-order valence-corrected chi connectivity index (χ4v) is 6.42. The van der Waals surface area contributed by atoms with Crippen LogP contribution in [0.15, 0.2) is 97.1 Å². The van der Waals surface area contributed by atoms with E-state index in [1.165, 1.54) is 0 Å². The number of aromatic hydroxyl groups is 1. The molecule has 0 saturated carbocycles. The van der Waals surface area contributed by atoms with Crippen LogP contribution in [0, 0.1) is 0 Å². The number of carbonyl (C=O) groups excluding carboxylic acids is 2. The van der Waals surface area contributed by atoms with Crippen LogP contribution in [-0.4, -0.2) is 58.3 Å². The van der Waals surface area contributed by atoms with Crippen LogP contribution in [0.25, 0.3) is 0 Å². The van der Waals surface area contributed by atoms with E-state index in [9.17, 15) is 24.9 Å². The number of likely N-dealkylation sites (N-methyl/N-ethyl adjacent to an activating group) is 1. The van der Waals surface area contributed by atoms with Gasteiger partial charge in [-0.25, -0.2) is 0 Å². The Balaban J connectivity index is 1.08. The zero-order valence-corrected chi connectivity index (χ0v) is 30.3. The van der Waals surface area contributed by atoms with Gasteiger partial charge in [0.1, 0.15) is 5.75 Å². The van der Waals surface area contributed by atoms with Gasteiger partial charge in [-0.3, -0.25) is 9.59 Å². The molecule has 282 valence electrons. The van der Waals surface area contributed by atoms with Gasteiger partial charge >= 0.3 is 0 Å². The Kier molecular flexibility index (Phi) is 14.8. The van der Waals surface area contributed by atoms with Crippen molar-refractivity contribution in [3.63, 3.8) is 0 Å². The minimum atomic E-state index is -0.774. The number of para-hydroxylation sites is 2. The number of carbonyl (C=O) groups is 2. The average Bonchev–Trinajstić information content (AvgIpc) is 3.16. The number of aliphatic hydroxyl groups excluding tert-OH is 2. The number of ether oxygens (including phenoxy) is 2. The summed E-state index contributed by atoms with van der Waals surface area (Å²) in [5, 5.41) is 36.0. The zero-order valence-electron chi connectivity index (χ0n) is 30.3. The Morgan fingerprint density at radius 3 is 2.23 bits per heavy atom. The van der Waals surface area contributed by atoms with Crippen molar-refractivity contribution in [2.45, 2.75) is 82.7 Å². The molecular weight excluding hydrogens is 672 g/mol. The third kappa shape index (κ3) is 12.4. The van der Waals surface area contributed by atoms with Gasteiger partial charge in [0.15, 0.2) is 6.29 Å². The molecule has 5 rings (SSSR count). The maximum Gasteiger partial charge on any atom is 0.224 e. The summed E-state index contributed by atoms with van der Waals surface area (Å²) in [6.45, 7) is 1.27. The van der Waals surface area contributed by atoms with Gasteiger partial charge < -0.3 is 46.1 Å². The van der Waals surface area contributed by atoms with E-state index in [0.717, 1.165) is 47.9 Å². The van der Waals surface area contributed by atoms with Crippen LogP contribution in [-0.2, 0) is 32.2 Å². The van der Waals surface area contributed by atoms with E-state index in [-0.39, 0.29) is 36.4 Å². The van der Waals surface area contributed by atoms with Crippen LogP contribution < -0.4 is 16.4 Å². The number of amides is 2. The standard InChI is InChI=1S/C42H52N4O7/c1-46(27-38(49)33-9-8-10-34(48)23-33)26-35-24-39(31-19-17-30(28-47)18-20-31)53-42(52-35)32-21-15-29(16-22-32)25-44-40(50)13-4-2-3-5-14-41(51)45-37-12-7-6-11-36(37)43/h6-12,15-23,35,38-39,42,47-49H,2-5,13-14,24-28,43H2,1H3,(H,44,50)(H,45,51)/t35-,38-,39+,42+/m1/s1. The van der Waals surface area contributed by atoms with Crippen molar-refractivity contribution in [1.82, 2.24) is 10.2 Å².